The lowest BCUT2D eigenvalue weighted by Gasteiger charge is -2.08. The molecule has 0 unspecified atom stereocenters. The summed E-state index contributed by atoms with van der Waals surface area (Å²) in [5.41, 5.74) is 2.61. The van der Waals surface area contributed by atoms with Gasteiger partial charge in [0.05, 0.1) is 25.4 Å². The predicted octanol–water partition coefficient (Wildman–Crippen LogP) is 1.81. The van der Waals surface area contributed by atoms with Gasteiger partial charge in [0.25, 0.3) is 0 Å². The normalized spacial score (nSPS) is 14.6. The van der Waals surface area contributed by atoms with Crippen molar-refractivity contribution >= 4 is 11.7 Å². The quantitative estimate of drug-likeness (QED) is 0.774. The molecular weight excluding hydrogens is 206 g/mol. The van der Waals surface area contributed by atoms with E-state index in [2.05, 4.69) is 5.32 Å². The molecule has 0 atom stereocenters. The number of fused-ring (bicyclic) bond motifs is 1. The fourth-order valence-electron chi connectivity index (χ4n) is 1.65. The molecule has 1 heterocycles. The van der Waals surface area contributed by atoms with Crippen LogP contribution in [0.25, 0.3) is 0 Å². The van der Waals surface area contributed by atoms with E-state index < -0.39 is 0 Å². The van der Waals surface area contributed by atoms with Crippen molar-refractivity contribution < 1.29 is 14.3 Å². The first kappa shape index (κ1) is 11.0. The maximum absolute atomic E-state index is 11.5. The molecule has 0 fully saturated rings. The smallest absolute Gasteiger partial charge is 0.338 e. The SMILES string of the molecule is CCOC(=O)c1ccc2c(c1)NCCOC2. The summed E-state index contributed by atoms with van der Waals surface area (Å²) < 4.78 is 10.3. The summed E-state index contributed by atoms with van der Waals surface area (Å²) >= 11 is 0. The Hall–Kier alpha value is -1.55. The molecule has 2 rings (SSSR count). The lowest BCUT2D eigenvalue weighted by atomic mass is 10.1. The third kappa shape index (κ3) is 2.33. The van der Waals surface area contributed by atoms with Gasteiger partial charge >= 0.3 is 5.97 Å². The summed E-state index contributed by atoms with van der Waals surface area (Å²) in [6.07, 6.45) is 0. The van der Waals surface area contributed by atoms with Gasteiger partial charge in [0.15, 0.2) is 0 Å². The van der Waals surface area contributed by atoms with E-state index in [0.29, 0.717) is 25.4 Å². The van der Waals surface area contributed by atoms with E-state index in [1.807, 2.05) is 12.1 Å². The largest absolute Gasteiger partial charge is 0.462 e. The Morgan fingerprint density at radius 1 is 1.56 bits per heavy atom. The van der Waals surface area contributed by atoms with Crippen LogP contribution in [0, 0.1) is 0 Å². The Morgan fingerprint density at radius 3 is 3.25 bits per heavy atom. The van der Waals surface area contributed by atoms with Gasteiger partial charge < -0.3 is 14.8 Å². The van der Waals surface area contributed by atoms with Gasteiger partial charge in [-0.25, -0.2) is 4.79 Å². The van der Waals surface area contributed by atoms with Gasteiger partial charge in [0.2, 0.25) is 0 Å². The Morgan fingerprint density at radius 2 is 2.44 bits per heavy atom. The van der Waals surface area contributed by atoms with Gasteiger partial charge in [-0.15, -0.1) is 0 Å². The lowest BCUT2D eigenvalue weighted by Crippen LogP contribution is -2.07. The third-order valence-corrected chi connectivity index (χ3v) is 2.44. The van der Waals surface area contributed by atoms with Crippen LogP contribution in [0.2, 0.25) is 0 Å². The summed E-state index contributed by atoms with van der Waals surface area (Å²) in [6.45, 7) is 4.23. The van der Waals surface area contributed by atoms with Crippen LogP contribution in [0.5, 0.6) is 0 Å². The second kappa shape index (κ2) is 4.99. The summed E-state index contributed by atoms with van der Waals surface area (Å²) in [4.78, 5) is 11.5. The number of ether oxygens (including phenoxy) is 2. The minimum Gasteiger partial charge on any atom is -0.462 e. The number of carbonyl (C=O) groups is 1. The first-order valence-electron chi connectivity index (χ1n) is 5.43. The van der Waals surface area contributed by atoms with Gasteiger partial charge in [-0.05, 0) is 19.1 Å². The molecule has 0 bridgehead atoms. The molecule has 4 nitrogen and oxygen atoms in total. The van der Waals surface area contributed by atoms with Crippen LogP contribution in [0.1, 0.15) is 22.8 Å². The first-order chi connectivity index (χ1) is 7.81. The number of nitrogens with one attached hydrogen (secondary N) is 1. The van der Waals surface area contributed by atoms with Crippen molar-refractivity contribution in [2.24, 2.45) is 0 Å². The molecule has 1 aromatic carbocycles. The van der Waals surface area contributed by atoms with Crippen LogP contribution in [0.15, 0.2) is 18.2 Å². The highest BCUT2D eigenvalue weighted by Crippen LogP contribution is 2.21. The Bertz CT molecular complexity index is 390. The molecule has 4 heteroatoms. The molecule has 0 saturated heterocycles. The number of rotatable bonds is 2. The Balaban J connectivity index is 2.23. The average molecular weight is 221 g/mol. The molecule has 0 spiro atoms. The topological polar surface area (TPSA) is 47.6 Å². The molecule has 1 aromatic rings. The van der Waals surface area contributed by atoms with Gasteiger partial charge in [0, 0.05) is 17.8 Å². The van der Waals surface area contributed by atoms with Crippen LogP contribution < -0.4 is 5.32 Å². The van der Waals surface area contributed by atoms with Crippen molar-refractivity contribution in [2.45, 2.75) is 13.5 Å². The number of benzene rings is 1. The average Bonchev–Trinajstić information content (AvgIpc) is 2.53. The van der Waals surface area contributed by atoms with E-state index in [-0.39, 0.29) is 5.97 Å². The third-order valence-electron chi connectivity index (χ3n) is 2.44. The van der Waals surface area contributed by atoms with Crippen molar-refractivity contribution in [3.63, 3.8) is 0 Å². The van der Waals surface area contributed by atoms with Crippen molar-refractivity contribution in [3.8, 4) is 0 Å². The lowest BCUT2D eigenvalue weighted by molar-refractivity contribution is 0.0526. The fraction of sp³-hybridized carbons (Fsp3) is 0.417. The van der Waals surface area contributed by atoms with E-state index in [1.165, 1.54) is 0 Å². The molecule has 1 aliphatic rings. The van der Waals surface area contributed by atoms with E-state index >= 15 is 0 Å². The van der Waals surface area contributed by atoms with Crippen LogP contribution in [-0.4, -0.2) is 25.7 Å². The highest BCUT2D eigenvalue weighted by molar-refractivity contribution is 5.90. The molecule has 0 saturated carbocycles. The summed E-state index contributed by atoms with van der Waals surface area (Å²) in [6, 6.07) is 5.50. The number of hydrogen-bond donors (Lipinski definition) is 1. The number of esters is 1. The van der Waals surface area contributed by atoms with E-state index in [0.717, 1.165) is 17.8 Å². The van der Waals surface area contributed by atoms with Crippen molar-refractivity contribution in [1.29, 1.82) is 0 Å². The summed E-state index contributed by atoms with van der Waals surface area (Å²) in [5, 5.41) is 3.23. The van der Waals surface area contributed by atoms with Gasteiger partial charge in [-0.2, -0.15) is 0 Å². The van der Waals surface area contributed by atoms with Crippen molar-refractivity contribution in [1.82, 2.24) is 0 Å². The predicted molar refractivity (Wildman–Crippen MR) is 60.5 cm³/mol. The fourth-order valence-corrected chi connectivity index (χ4v) is 1.65. The maximum atomic E-state index is 11.5. The molecule has 1 aliphatic heterocycles. The Kier molecular flexibility index (Phi) is 3.41. The molecule has 1 N–H and O–H groups in total. The molecule has 0 radical (unpaired) electrons. The second-order valence-electron chi connectivity index (χ2n) is 3.57. The van der Waals surface area contributed by atoms with Crippen LogP contribution in [-0.2, 0) is 16.1 Å². The first-order valence-corrected chi connectivity index (χ1v) is 5.43. The van der Waals surface area contributed by atoms with Gasteiger partial charge in [-0.1, -0.05) is 6.07 Å². The van der Waals surface area contributed by atoms with Crippen molar-refractivity contribution in [2.75, 3.05) is 25.1 Å². The van der Waals surface area contributed by atoms with E-state index in [9.17, 15) is 4.79 Å². The van der Waals surface area contributed by atoms with Crippen LogP contribution >= 0.6 is 0 Å². The molecule has 16 heavy (non-hydrogen) atoms. The standard InChI is InChI=1S/C12H15NO3/c1-2-16-12(14)9-3-4-10-8-15-6-5-13-11(10)7-9/h3-4,7,13H,2,5-6,8H2,1H3. The summed E-state index contributed by atoms with van der Waals surface area (Å²) in [7, 11) is 0. The monoisotopic (exact) mass is 221 g/mol. The molecule has 0 amide bonds. The van der Waals surface area contributed by atoms with E-state index in [1.54, 1.807) is 13.0 Å². The zero-order chi connectivity index (χ0) is 11.4. The molecule has 86 valence electrons. The molecule has 0 aliphatic carbocycles. The number of carbonyl (C=O) groups excluding carboxylic acids is 1. The van der Waals surface area contributed by atoms with Gasteiger partial charge in [-0.3, -0.25) is 0 Å². The highest BCUT2D eigenvalue weighted by atomic mass is 16.5. The van der Waals surface area contributed by atoms with Crippen LogP contribution in [0.4, 0.5) is 5.69 Å². The number of hydrogen-bond acceptors (Lipinski definition) is 4. The van der Waals surface area contributed by atoms with Crippen molar-refractivity contribution in [3.05, 3.63) is 29.3 Å². The zero-order valence-corrected chi connectivity index (χ0v) is 9.29. The minimum absolute atomic E-state index is 0.280. The molecular formula is C12H15NO3. The van der Waals surface area contributed by atoms with Gasteiger partial charge in [0.1, 0.15) is 0 Å². The summed E-state index contributed by atoms with van der Waals surface area (Å²) in [5.74, 6) is -0.280. The molecule has 0 aromatic heterocycles. The second-order valence-corrected chi connectivity index (χ2v) is 3.57. The van der Waals surface area contributed by atoms with E-state index in [4.69, 9.17) is 9.47 Å². The highest BCUT2D eigenvalue weighted by Gasteiger charge is 2.12. The zero-order valence-electron chi connectivity index (χ0n) is 9.29. The number of anilines is 1. The Labute approximate surface area is 94.6 Å². The maximum Gasteiger partial charge on any atom is 0.338 e. The minimum atomic E-state index is -0.280. The van der Waals surface area contributed by atoms with Crippen LogP contribution in [0.3, 0.4) is 0 Å².